The highest BCUT2D eigenvalue weighted by Crippen LogP contribution is 2.21. The molecule has 1 aliphatic heterocycles. The smallest absolute Gasteiger partial charge is 0.338 e. The van der Waals surface area contributed by atoms with Crippen LogP contribution in [0.1, 0.15) is 16.8 Å². The number of rotatable bonds is 2. The summed E-state index contributed by atoms with van der Waals surface area (Å²) in [6.45, 7) is 0. The van der Waals surface area contributed by atoms with E-state index in [1.807, 2.05) is 0 Å². The summed E-state index contributed by atoms with van der Waals surface area (Å²) >= 11 is 5.74. The van der Waals surface area contributed by atoms with Gasteiger partial charge in [-0.15, -0.1) is 0 Å². The van der Waals surface area contributed by atoms with E-state index in [9.17, 15) is 13.2 Å². The van der Waals surface area contributed by atoms with Gasteiger partial charge < -0.3 is 10.5 Å². The summed E-state index contributed by atoms with van der Waals surface area (Å²) in [7, 11) is -3.06. The molecule has 18 heavy (non-hydrogen) atoms. The fourth-order valence-electron chi connectivity index (χ4n) is 1.74. The lowest BCUT2D eigenvalue weighted by atomic mass is 10.2. The third-order valence-electron chi connectivity index (χ3n) is 2.70. The molecule has 2 rings (SSSR count). The molecule has 0 radical (unpaired) electrons. The standard InChI is InChI=1S/C11H12ClNO4S/c12-9-2-1-7(5-10(9)13)11(14)17-8-3-4-18(15,16)6-8/h1-2,5,8H,3-4,6,13H2. The van der Waals surface area contributed by atoms with Crippen LogP contribution in [0.5, 0.6) is 0 Å². The first-order chi connectivity index (χ1) is 8.37. The molecule has 0 aliphatic carbocycles. The monoisotopic (exact) mass is 289 g/mol. The van der Waals surface area contributed by atoms with E-state index in [0.29, 0.717) is 11.4 Å². The Balaban J connectivity index is 2.06. The fourth-order valence-corrected chi connectivity index (χ4v) is 3.45. The van der Waals surface area contributed by atoms with Crippen molar-refractivity contribution < 1.29 is 17.9 Å². The maximum atomic E-state index is 11.8. The minimum atomic E-state index is -3.06. The lowest BCUT2D eigenvalue weighted by Crippen LogP contribution is -2.19. The van der Waals surface area contributed by atoms with Crippen LogP contribution < -0.4 is 5.73 Å². The average Bonchev–Trinajstić information content (AvgIpc) is 2.62. The Kier molecular flexibility index (Phi) is 3.49. The number of hydrogen-bond donors (Lipinski definition) is 1. The predicted molar refractivity (Wildman–Crippen MR) is 68.3 cm³/mol. The highest BCUT2D eigenvalue weighted by molar-refractivity contribution is 7.91. The summed E-state index contributed by atoms with van der Waals surface area (Å²) in [5.41, 5.74) is 6.12. The molecule has 1 aromatic carbocycles. The Bertz CT molecular complexity index is 585. The number of benzene rings is 1. The third-order valence-corrected chi connectivity index (χ3v) is 4.78. The lowest BCUT2D eigenvalue weighted by Gasteiger charge is -2.10. The molecule has 98 valence electrons. The molecule has 0 aromatic heterocycles. The van der Waals surface area contributed by atoms with E-state index in [2.05, 4.69) is 0 Å². The zero-order chi connectivity index (χ0) is 13.3. The first-order valence-electron chi connectivity index (χ1n) is 5.34. The van der Waals surface area contributed by atoms with Crippen molar-refractivity contribution in [2.45, 2.75) is 12.5 Å². The van der Waals surface area contributed by atoms with Gasteiger partial charge >= 0.3 is 5.97 Å². The second kappa shape index (κ2) is 4.78. The van der Waals surface area contributed by atoms with Gasteiger partial charge in [0.25, 0.3) is 0 Å². The molecule has 0 amide bonds. The van der Waals surface area contributed by atoms with Crippen LogP contribution in [0.3, 0.4) is 0 Å². The highest BCUT2D eigenvalue weighted by atomic mass is 35.5. The molecule has 1 saturated heterocycles. The summed E-state index contributed by atoms with van der Waals surface area (Å²) < 4.78 is 27.6. The molecule has 1 heterocycles. The number of carbonyl (C=O) groups is 1. The van der Waals surface area contributed by atoms with E-state index in [1.165, 1.54) is 18.2 Å². The van der Waals surface area contributed by atoms with Gasteiger partial charge in [0.1, 0.15) is 6.10 Å². The van der Waals surface area contributed by atoms with Gasteiger partial charge in [-0.25, -0.2) is 13.2 Å². The molecular weight excluding hydrogens is 278 g/mol. The van der Waals surface area contributed by atoms with Crippen molar-refractivity contribution in [3.8, 4) is 0 Å². The Morgan fingerprint density at radius 2 is 2.17 bits per heavy atom. The fraction of sp³-hybridized carbons (Fsp3) is 0.364. The summed E-state index contributed by atoms with van der Waals surface area (Å²) in [4.78, 5) is 11.8. The van der Waals surface area contributed by atoms with Gasteiger partial charge in [0.2, 0.25) is 0 Å². The van der Waals surface area contributed by atoms with Crippen LogP contribution >= 0.6 is 11.6 Å². The van der Waals surface area contributed by atoms with Gasteiger partial charge in [0.05, 0.1) is 27.8 Å². The van der Waals surface area contributed by atoms with Crippen LogP contribution in [0, 0.1) is 0 Å². The Hall–Kier alpha value is -1.27. The van der Waals surface area contributed by atoms with Crippen molar-refractivity contribution >= 4 is 33.1 Å². The number of nitrogen functional groups attached to an aromatic ring is 1. The summed E-state index contributed by atoms with van der Waals surface area (Å²) in [6.07, 6.45) is -0.226. The van der Waals surface area contributed by atoms with E-state index in [-0.39, 0.29) is 22.8 Å². The summed E-state index contributed by atoms with van der Waals surface area (Å²) in [6, 6.07) is 4.40. The number of carbonyl (C=O) groups excluding carboxylic acids is 1. The number of esters is 1. The van der Waals surface area contributed by atoms with Crippen molar-refractivity contribution in [3.05, 3.63) is 28.8 Å². The molecule has 1 atom stereocenters. The molecule has 1 aromatic rings. The Morgan fingerprint density at radius 3 is 2.72 bits per heavy atom. The van der Waals surface area contributed by atoms with Crippen molar-refractivity contribution in [1.29, 1.82) is 0 Å². The molecule has 7 heteroatoms. The number of sulfone groups is 1. The van der Waals surface area contributed by atoms with Crippen LogP contribution in [-0.2, 0) is 14.6 Å². The number of nitrogens with two attached hydrogens (primary N) is 1. The predicted octanol–water partition coefficient (Wildman–Crippen LogP) is 1.27. The maximum absolute atomic E-state index is 11.8. The molecular formula is C11H12ClNO4S. The highest BCUT2D eigenvalue weighted by Gasteiger charge is 2.30. The average molecular weight is 290 g/mol. The maximum Gasteiger partial charge on any atom is 0.338 e. The van der Waals surface area contributed by atoms with Crippen molar-refractivity contribution in [2.24, 2.45) is 0 Å². The number of halogens is 1. The van der Waals surface area contributed by atoms with Crippen LogP contribution in [0.2, 0.25) is 5.02 Å². The molecule has 1 aliphatic rings. The molecule has 0 bridgehead atoms. The molecule has 1 fully saturated rings. The van der Waals surface area contributed by atoms with Gasteiger partial charge in [-0.3, -0.25) is 0 Å². The molecule has 2 N–H and O–H groups in total. The largest absolute Gasteiger partial charge is 0.458 e. The zero-order valence-electron chi connectivity index (χ0n) is 9.43. The SMILES string of the molecule is Nc1cc(C(=O)OC2CCS(=O)(=O)C2)ccc1Cl. The van der Waals surface area contributed by atoms with Crippen molar-refractivity contribution in [3.63, 3.8) is 0 Å². The van der Waals surface area contributed by atoms with Crippen LogP contribution in [-0.4, -0.2) is 32.0 Å². The first kappa shape index (κ1) is 13.2. The van der Waals surface area contributed by atoms with Crippen molar-refractivity contribution in [1.82, 2.24) is 0 Å². The zero-order valence-corrected chi connectivity index (χ0v) is 11.0. The number of anilines is 1. The van der Waals surface area contributed by atoms with Crippen LogP contribution in [0.4, 0.5) is 5.69 Å². The second-order valence-corrected chi connectivity index (χ2v) is 6.80. The van der Waals surface area contributed by atoms with Crippen LogP contribution in [0.15, 0.2) is 18.2 Å². The van der Waals surface area contributed by atoms with E-state index in [0.717, 1.165) is 0 Å². The third kappa shape index (κ3) is 2.94. The first-order valence-corrected chi connectivity index (χ1v) is 7.54. The van der Waals surface area contributed by atoms with E-state index >= 15 is 0 Å². The second-order valence-electron chi connectivity index (χ2n) is 4.17. The topological polar surface area (TPSA) is 86.5 Å². The Labute approximate surface area is 110 Å². The lowest BCUT2D eigenvalue weighted by molar-refractivity contribution is 0.0356. The minimum absolute atomic E-state index is 0.0632. The molecule has 0 spiro atoms. The quantitative estimate of drug-likeness (QED) is 0.654. The molecule has 0 saturated carbocycles. The molecule has 1 unspecified atom stereocenters. The summed E-state index contributed by atoms with van der Waals surface area (Å²) in [5.74, 6) is -0.629. The Morgan fingerprint density at radius 1 is 1.44 bits per heavy atom. The molecule has 5 nitrogen and oxygen atoms in total. The van der Waals surface area contributed by atoms with E-state index in [4.69, 9.17) is 22.1 Å². The van der Waals surface area contributed by atoms with Gasteiger partial charge in [-0.2, -0.15) is 0 Å². The van der Waals surface area contributed by atoms with Gasteiger partial charge in [0, 0.05) is 0 Å². The van der Waals surface area contributed by atoms with E-state index < -0.39 is 21.9 Å². The van der Waals surface area contributed by atoms with Gasteiger partial charge in [-0.05, 0) is 24.6 Å². The number of hydrogen-bond acceptors (Lipinski definition) is 5. The normalized spacial score (nSPS) is 21.7. The van der Waals surface area contributed by atoms with Gasteiger partial charge in [-0.1, -0.05) is 11.6 Å². The number of ether oxygens (including phenoxy) is 1. The van der Waals surface area contributed by atoms with Crippen molar-refractivity contribution in [2.75, 3.05) is 17.2 Å². The summed E-state index contributed by atoms with van der Waals surface area (Å²) in [5, 5.41) is 0.356. The van der Waals surface area contributed by atoms with Crippen LogP contribution in [0.25, 0.3) is 0 Å². The van der Waals surface area contributed by atoms with E-state index in [1.54, 1.807) is 0 Å². The minimum Gasteiger partial charge on any atom is -0.458 e. The van der Waals surface area contributed by atoms with Gasteiger partial charge in [0.15, 0.2) is 9.84 Å².